The molecule has 0 spiro atoms. The minimum Gasteiger partial charge on any atom is -0.373 e. The van der Waals surface area contributed by atoms with Crippen LogP contribution in [0.15, 0.2) is 54.8 Å². The molecule has 1 nitrogen and oxygen atoms in total. The van der Waals surface area contributed by atoms with Gasteiger partial charge in [-0.2, -0.15) is 0 Å². The molecule has 80 valence electrons. The van der Waals surface area contributed by atoms with Crippen molar-refractivity contribution in [2.24, 2.45) is 0 Å². The number of rotatable bonds is 3. The normalized spacial score (nSPS) is 13.7. The number of hydrogen-bond donors (Lipinski definition) is 0. The molecule has 0 saturated heterocycles. The van der Waals surface area contributed by atoms with Crippen LogP contribution in [0.3, 0.4) is 0 Å². The van der Waals surface area contributed by atoms with Gasteiger partial charge in [0.05, 0.1) is 0 Å². The maximum atomic E-state index is 2.33. The zero-order valence-electron chi connectivity index (χ0n) is 8.67. The van der Waals surface area contributed by atoms with E-state index in [1.165, 1.54) is 5.56 Å². The molecule has 0 fully saturated rings. The summed E-state index contributed by atoms with van der Waals surface area (Å²) in [5, 5.41) is 0. The Morgan fingerprint density at radius 1 is 1.07 bits per heavy atom. The third-order valence-electron chi connectivity index (χ3n) is 2.41. The first-order chi connectivity index (χ1) is 6.95. The van der Waals surface area contributed by atoms with Crippen molar-refractivity contribution in [2.75, 3.05) is 13.1 Å². The summed E-state index contributed by atoms with van der Waals surface area (Å²) < 4.78 is 0. The SMILES string of the molecule is Br.C1=CCN(CCc2ccccc2)C=C1. The van der Waals surface area contributed by atoms with Crippen molar-refractivity contribution < 1.29 is 0 Å². The average molecular weight is 266 g/mol. The van der Waals surface area contributed by atoms with Gasteiger partial charge >= 0.3 is 0 Å². The number of benzene rings is 1. The molecule has 1 aliphatic heterocycles. The highest BCUT2D eigenvalue weighted by atomic mass is 79.9. The van der Waals surface area contributed by atoms with Crippen LogP contribution in [0.5, 0.6) is 0 Å². The topological polar surface area (TPSA) is 3.24 Å². The highest BCUT2D eigenvalue weighted by molar-refractivity contribution is 8.93. The van der Waals surface area contributed by atoms with Crippen LogP contribution in [0.2, 0.25) is 0 Å². The van der Waals surface area contributed by atoms with E-state index >= 15 is 0 Å². The molecule has 0 atom stereocenters. The second-order valence-electron chi connectivity index (χ2n) is 3.50. The fourth-order valence-electron chi connectivity index (χ4n) is 1.59. The first-order valence-corrected chi connectivity index (χ1v) is 5.06. The molecule has 0 aliphatic carbocycles. The van der Waals surface area contributed by atoms with E-state index in [0.717, 1.165) is 19.5 Å². The van der Waals surface area contributed by atoms with Gasteiger partial charge in [0.2, 0.25) is 0 Å². The van der Waals surface area contributed by atoms with Gasteiger partial charge in [0.1, 0.15) is 0 Å². The summed E-state index contributed by atoms with van der Waals surface area (Å²) in [4.78, 5) is 2.33. The second-order valence-corrected chi connectivity index (χ2v) is 3.50. The average Bonchev–Trinajstić information content (AvgIpc) is 2.29. The highest BCUT2D eigenvalue weighted by Crippen LogP contribution is 2.03. The van der Waals surface area contributed by atoms with Crippen molar-refractivity contribution >= 4 is 17.0 Å². The molecular formula is C13H16BrN. The quantitative estimate of drug-likeness (QED) is 0.812. The molecule has 0 radical (unpaired) electrons. The predicted octanol–water partition coefficient (Wildman–Crippen LogP) is 3.19. The molecular weight excluding hydrogens is 250 g/mol. The molecule has 0 saturated carbocycles. The Balaban J connectivity index is 0.00000112. The van der Waals surface area contributed by atoms with E-state index in [1.807, 2.05) is 0 Å². The summed E-state index contributed by atoms with van der Waals surface area (Å²) in [6, 6.07) is 10.6. The lowest BCUT2D eigenvalue weighted by molar-refractivity contribution is 0.416. The minimum atomic E-state index is 0. The number of nitrogens with zero attached hydrogens (tertiary/aromatic N) is 1. The largest absolute Gasteiger partial charge is 0.373 e. The number of hydrogen-bond acceptors (Lipinski definition) is 1. The smallest absolute Gasteiger partial charge is 0.0357 e. The molecule has 0 N–H and O–H groups in total. The predicted molar refractivity (Wildman–Crippen MR) is 70.3 cm³/mol. The van der Waals surface area contributed by atoms with Gasteiger partial charge in [-0.1, -0.05) is 42.5 Å². The van der Waals surface area contributed by atoms with Crippen molar-refractivity contribution in [3.8, 4) is 0 Å². The Hall–Kier alpha value is -1.02. The Kier molecular flexibility index (Phi) is 5.19. The van der Waals surface area contributed by atoms with Gasteiger partial charge in [0.15, 0.2) is 0 Å². The first kappa shape index (κ1) is 12.1. The van der Waals surface area contributed by atoms with Crippen LogP contribution in [0.4, 0.5) is 0 Å². The van der Waals surface area contributed by atoms with Crippen LogP contribution < -0.4 is 0 Å². The Morgan fingerprint density at radius 2 is 1.87 bits per heavy atom. The lowest BCUT2D eigenvalue weighted by atomic mass is 10.1. The van der Waals surface area contributed by atoms with E-state index < -0.39 is 0 Å². The molecule has 0 aromatic heterocycles. The van der Waals surface area contributed by atoms with Crippen molar-refractivity contribution in [3.05, 3.63) is 60.3 Å². The number of allylic oxidation sites excluding steroid dienone is 2. The van der Waals surface area contributed by atoms with Gasteiger partial charge in [0, 0.05) is 13.1 Å². The van der Waals surface area contributed by atoms with Crippen molar-refractivity contribution in [2.45, 2.75) is 6.42 Å². The molecule has 1 aromatic rings. The summed E-state index contributed by atoms with van der Waals surface area (Å²) in [6.07, 6.45) is 9.65. The molecule has 2 rings (SSSR count). The first-order valence-electron chi connectivity index (χ1n) is 5.06. The molecule has 0 unspecified atom stereocenters. The van der Waals surface area contributed by atoms with Crippen molar-refractivity contribution in [3.63, 3.8) is 0 Å². The van der Waals surface area contributed by atoms with E-state index in [0.29, 0.717) is 0 Å². The molecule has 0 bridgehead atoms. The van der Waals surface area contributed by atoms with Crippen LogP contribution in [0.25, 0.3) is 0 Å². The van der Waals surface area contributed by atoms with Crippen LogP contribution in [-0.4, -0.2) is 18.0 Å². The highest BCUT2D eigenvalue weighted by Gasteiger charge is 1.99. The van der Waals surface area contributed by atoms with Gasteiger partial charge in [-0.05, 0) is 24.3 Å². The van der Waals surface area contributed by atoms with Gasteiger partial charge in [-0.25, -0.2) is 0 Å². The van der Waals surface area contributed by atoms with Crippen LogP contribution in [0.1, 0.15) is 5.56 Å². The Labute approximate surface area is 102 Å². The van der Waals surface area contributed by atoms with E-state index in [4.69, 9.17) is 0 Å². The third kappa shape index (κ3) is 3.92. The Morgan fingerprint density at radius 3 is 2.53 bits per heavy atom. The zero-order valence-corrected chi connectivity index (χ0v) is 10.4. The van der Waals surface area contributed by atoms with Gasteiger partial charge in [-0.3, -0.25) is 0 Å². The van der Waals surface area contributed by atoms with Gasteiger partial charge in [-0.15, -0.1) is 17.0 Å². The molecule has 1 aromatic carbocycles. The van der Waals surface area contributed by atoms with Crippen molar-refractivity contribution in [1.82, 2.24) is 4.90 Å². The summed E-state index contributed by atoms with van der Waals surface area (Å²) in [6.45, 7) is 2.15. The monoisotopic (exact) mass is 265 g/mol. The maximum absolute atomic E-state index is 2.33. The fourth-order valence-corrected chi connectivity index (χ4v) is 1.59. The van der Waals surface area contributed by atoms with Gasteiger partial charge < -0.3 is 4.90 Å². The summed E-state index contributed by atoms with van der Waals surface area (Å²) in [5.41, 5.74) is 1.41. The zero-order chi connectivity index (χ0) is 9.64. The second kappa shape index (κ2) is 6.46. The molecule has 1 aliphatic rings. The van der Waals surface area contributed by atoms with E-state index in [-0.39, 0.29) is 17.0 Å². The van der Waals surface area contributed by atoms with Crippen LogP contribution in [0, 0.1) is 0 Å². The van der Waals surface area contributed by atoms with E-state index in [1.54, 1.807) is 0 Å². The lowest BCUT2D eigenvalue weighted by Gasteiger charge is -2.20. The molecule has 15 heavy (non-hydrogen) atoms. The third-order valence-corrected chi connectivity index (χ3v) is 2.41. The summed E-state index contributed by atoms with van der Waals surface area (Å²) >= 11 is 0. The Bertz CT molecular complexity index is 330. The summed E-state index contributed by atoms with van der Waals surface area (Å²) in [7, 11) is 0. The standard InChI is InChI=1S/C13H15N.BrH/c1-3-7-13(8-4-1)9-12-14-10-5-2-6-11-14;/h1-8,10H,9,11-12H2;1H. The van der Waals surface area contributed by atoms with Gasteiger partial charge in [0.25, 0.3) is 0 Å². The minimum absolute atomic E-state index is 0. The van der Waals surface area contributed by atoms with E-state index in [9.17, 15) is 0 Å². The maximum Gasteiger partial charge on any atom is 0.0357 e. The summed E-state index contributed by atoms with van der Waals surface area (Å²) in [5.74, 6) is 0. The van der Waals surface area contributed by atoms with Crippen LogP contribution in [-0.2, 0) is 6.42 Å². The van der Waals surface area contributed by atoms with Crippen LogP contribution >= 0.6 is 17.0 Å². The van der Waals surface area contributed by atoms with E-state index in [2.05, 4.69) is 59.7 Å². The molecule has 0 amide bonds. The number of halogens is 1. The molecule has 2 heteroatoms. The lowest BCUT2D eigenvalue weighted by Crippen LogP contribution is -2.21. The fraction of sp³-hybridized carbons (Fsp3) is 0.231. The molecule has 1 heterocycles. The van der Waals surface area contributed by atoms with Crippen molar-refractivity contribution in [1.29, 1.82) is 0 Å².